The van der Waals surface area contributed by atoms with Gasteiger partial charge in [0.1, 0.15) is 5.75 Å². The maximum absolute atomic E-state index is 13.4. The molecule has 0 aromatic heterocycles. The second kappa shape index (κ2) is 11.7. The molecule has 1 N–H and O–H groups in total. The first-order chi connectivity index (χ1) is 15.5. The highest BCUT2D eigenvalue weighted by molar-refractivity contribution is 6.74. The third-order valence-corrected chi connectivity index (χ3v) is 11.4. The molecule has 33 heavy (non-hydrogen) atoms. The lowest BCUT2D eigenvalue weighted by atomic mass is 9.81. The number of ether oxygens (including phenoxy) is 1. The van der Waals surface area contributed by atoms with E-state index in [2.05, 4.69) is 65.2 Å². The van der Waals surface area contributed by atoms with Gasteiger partial charge in [0, 0.05) is 6.54 Å². The van der Waals surface area contributed by atoms with Gasteiger partial charge >= 0.3 is 0 Å². The van der Waals surface area contributed by atoms with E-state index >= 15 is 0 Å². The van der Waals surface area contributed by atoms with Crippen molar-refractivity contribution in [1.29, 1.82) is 0 Å². The van der Waals surface area contributed by atoms with Gasteiger partial charge in [0.2, 0.25) is 5.91 Å². The fourth-order valence-corrected chi connectivity index (χ4v) is 4.90. The zero-order valence-corrected chi connectivity index (χ0v) is 22.8. The Kier molecular flexibility index (Phi) is 9.59. The topological polar surface area (TPSA) is 47.6 Å². The third-order valence-electron chi connectivity index (χ3n) is 7.08. The van der Waals surface area contributed by atoms with Crippen molar-refractivity contribution < 1.29 is 14.0 Å². The fraction of sp³-hybridized carbons (Fsp3) is 0.536. The summed E-state index contributed by atoms with van der Waals surface area (Å²) in [6, 6.07) is 16.3. The minimum Gasteiger partial charge on any atom is -0.541 e. The first-order valence-corrected chi connectivity index (χ1v) is 15.1. The highest BCUT2D eigenvalue weighted by atomic mass is 28.4. The summed E-state index contributed by atoms with van der Waals surface area (Å²) in [5.41, 5.74) is 2.21. The van der Waals surface area contributed by atoms with E-state index < -0.39 is 8.32 Å². The van der Waals surface area contributed by atoms with Gasteiger partial charge in [-0.15, -0.1) is 0 Å². The molecule has 0 bridgehead atoms. The lowest BCUT2D eigenvalue weighted by Gasteiger charge is -2.37. The first-order valence-electron chi connectivity index (χ1n) is 12.2. The van der Waals surface area contributed by atoms with Crippen molar-refractivity contribution in [3.05, 3.63) is 59.7 Å². The number of nitrogens with one attached hydrogen (secondary N) is 1. The first kappa shape index (κ1) is 27.0. The number of rotatable bonds is 11. The van der Waals surface area contributed by atoms with E-state index in [0.29, 0.717) is 12.3 Å². The molecule has 182 valence electrons. The highest BCUT2D eigenvalue weighted by Crippen LogP contribution is 2.41. The Morgan fingerprint density at radius 2 is 1.64 bits per heavy atom. The summed E-state index contributed by atoms with van der Waals surface area (Å²) in [7, 11) is -0.334. The molecule has 0 aliphatic carbocycles. The van der Waals surface area contributed by atoms with E-state index in [1.807, 2.05) is 36.4 Å². The van der Waals surface area contributed by atoms with Crippen LogP contribution in [-0.4, -0.2) is 27.9 Å². The Hall–Kier alpha value is -2.27. The number of benzene rings is 2. The Bertz CT molecular complexity index is 886. The Balaban J connectivity index is 2.26. The van der Waals surface area contributed by atoms with Crippen LogP contribution in [0.3, 0.4) is 0 Å². The van der Waals surface area contributed by atoms with Crippen molar-refractivity contribution in [2.24, 2.45) is 5.92 Å². The minimum atomic E-state index is -2.00. The van der Waals surface area contributed by atoms with Crippen LogP contribution in [0.25, 0.3) is 0 Å². The van der Waals surface area contributed by atoms with Crippen LogP contribution in [0.4, 0.5) is 0 Å². The Morgan fingerprint density at radius 3 is 2.18 bits per heavy atom. The lowest BCUT2D eigenvalue weighted by Crippen LogP contribution is -2.44. The summed E-state index contributed by atoms with van der Waals surface area (Å²) in [6.45, 7) is 16.1. The van der Waals surface area contributed by atoms with E-state index in [4.69, 9.17) is 9.16 Å². The van der Waals surface area contributed by atoms with Crippen molar-refractivity contribution in [1.82, 2.24) is 5.32 Å². The summed E-state index contributed by atoms with van der Waals surface area (Å²) >= 11 is 0. The second-order valence-corrected chi connectivity index (χ2v) is 15.1. The van der Waals surface area contributed by atoms with Crippen molar-refractivity contribution >= 4 is 14.2 Å². The van der Waals surface area contributed by atoms with Gasteiger partial charge in [-0.1, -0.05) is 83.9 Å². The standard InChI is InChI=1S/C28H43NO3Si/c1-9-22(10-2)26(27(30)29-19-18-21-14-12-11-13-15-21)23-16-17-24(25(20-23)31-6)32-33(7,8)28(3,4)5/h11-17,20,22,26H,9-10,18-19H2,1-8H3,(H,29,30). The molecule has 0 heterocycles. The van der Waals surface area contributed by atoms with Crippen LogP contribution in [0.15, 0.2) is 48.5 Å². The molecule has 2 rings (SSSR count). The molecule has 4 nitrogen and oxygen atoms in total. The maximum Gasteiger partial charge on any atom is 0.250 e. The highest BCUT2D eigenvalue weighted by Gasteiger charge is 2.39. The molecule has 1 unspecified atom stereocenters. The molecule has 1 atom stereocenters. The van der Waals surface area contributed by atoms with Crippen molar-refractivity contribution in [2.75, 3.05) is 13.7 Å². The van der Waals surface area contributed by atoms with Crippen molar-refractivity contribution in [3.8, 4) is 11.5 Å². The van der Waals surface area contributed by atoms with E-state index in [0.717, 1.165) is 30.6 Å². The molecule has 0 fully saturated rings. The molecule has 2 aromatic rings. The molecule has 0 saturated heterocycles. The molecule has 0 spiro atoms. The second-order valence-electron chi connectivity index (χ2n) is 10.4. The van der Waals surface area contributed by atoms with Crippen LogP contribution in [0, 0.1) is 5.92 Å². The van der Waals surface area contributed by atoms with Crippen molar-refractivity contribution in [3.63, 3.8) is 0 Å². The monoisotopic (exact) mass is 469 g/mol. The van der Waals surface area contributed by atoms with E-state index in [1.165, 1.54) is 5.56 Å². The number of methoxy groups -OCH3 is 1. The molecule has 0 aliphatic rings. The smallest absolute Gasteiger partial charge is 0.250 e. The van der Waals surface area contributed by atoms with Gasteiger partial charge in [0.25, 0.3) is 8.32 Å². The summed E-state index contributed by atoms with van der Waals surface area (Å²) in [4.78, 5) is 13.4. The lowest BCUT2D eigenvalue weighted by molar-refractivity contribution is -0.123. The van der Waals surface area contributed by atoms with E-state index in [-0.39, 0.29) is 22.8 Å². The molecule has 0 radical (unpaired) electrons. The normalized spacial score (nSPS) is 13.0. The molecule has 2 aromatic carbocycles. The van der Waals surface area contributed by atoms with Gasteiger partial charge in [-0.05, 0) is 53.7 Å². The molecule has 0 aliphatic heterocycles. The van der Waals surface area contributed by atoms with Crippen molar-refractivity contribution in [2.45, 2.75) is 77.9 Å². The number of amides is 1. The van der Waals surface area contributed by atoms with E-state index in [9.17, 15) is 4.79 Å². The van der Waals surface area contributed by atoms with Gasteiger partial charge in [-0.25, -0.2) is 0 Å². The number of carbonyl (C=O) groups is 1. The SMILES string of the molecule is CCC(CC)C(C(=O)NCCc1ccccc1)c1ccc(O[Si](C)(C)C(C)(C)C)c(OC)c1. The summed E-state index contributed by atoms with van der Waals surface area (Å²) in [5, 5.41) is 3.28. The van der Waals surface area contributed by atoms with Crippen LogP contribution >= 0.6 is 0 Å². The van der Waals surface area contributed by atoms with Crippen LogP contribution < -0.4 is 14.5 Å². The third kappa shape index (κ3) is 7.10. The van der Waals surface area contributed by atoms with Gasteiger partial charge in [-0.2, -0.15) is 0 Å². The number of hydrogen-bond donors (Lipinski definition) is 1. The van der Waals surface area contributed by atoms with E-state index in [1.54, 1.807) is 7.11 Å². The number of hydrogen-bond acceptors (Lipinski definition) is 3. The minimum absolute atomic E-state index is 0.0831. The average Bonchev–Trinajstić information content (AvgIpc) is 2.77. The van der Waals surface area contributed by atoms with Crippen LogP contribution in [0.1, 0.15) is 64.5 Å². The predicted molar refractivity (Wildman–Crippen MR) is 141 cm³/mol. The largest absolute Gasteiger partial charge is 0.541 e. The van der Waals surface area contributed by atoms with Crippen LogP contribution in [0.5, 0.6) is 11.5 Å². The predicted octanol–water partition coefficient (Wildman–Crippen LogP) is 6.96. The fourth-order valence-electron chi connectivity index (χ4n) is 3.87. The Labute approximate surface area is 202 Å². The molecule has 1 amide bonds. The quantitative estimate of drug-likeness (QED) is 0.362. The van der Waals surface area contributed by atoms with Gasteiger partial charge < -0.3 is 14.5 Å². The Morgan fingerprint density at radius 1 is 1.00 bits per heavy atom. The maximum atomic E-state index is 13.4. The molecule has 0 saturated carbocycles. The zero-order valence-electron chi connectivity index (χ0n) is 21.8. The van der Waals surface area contributed by atoms with Crippen LogP contribution in [0.2, 0.25) is 18.1 Å². The molecular formula is C28H43NO3Si. The van der Waals surface area contributed by atoms with Gasteiger partial charge in [0.05, 0.1) is 13.0 Å². The summed E-state index contributed by atoms with van der Waals surface area (Å²) < 4.78 is 12.2. The van der Waals surface area contributed by atoms with Gasteiger partial charge in [0.15, 0.2) is 5.75 Å². The van der Waals surface area contributed by atoms with Gasteiger partial charge in [-0.3, -0.25) is 4.79 Å². The molecule has 5 heteroatoms. The molecular weight excluding hydrogens is 426 g/mol. The van der Waals surface area contributed by atoms with Crippen LogP contribution in [-0.2, 0) is 11.2 Å². The number of carbonyl (C=O) groups excluding carboxylic acids is 1. The zero-order chi connectivity index (χ0) is 24.6. The summed E-state index contributed by atoms with van der Waals surface area (Å²) in [5.74, 6) is 1.59. The average molecular weight is 470 g/mol. The summed E-state index contributed by atoms with van der Waals surface area (Å²) in [6.07, 6.45) is 2.71.